The summed E-state index contributed by atoms with van der Waals surface area (Å²) < 4.78 is 5.34. The summed E-state index contributed by atoms with van der Waals surface area (Å²) in [6.45, 7) is 0. The number of H-pyrrole nitrogens is 1. The van der Waals surface area contributed by atoms with Gasteiger partial charge in [0, 0.05) is 0 Å². The van der Waals surface area contributed by atoms with Crippen molar-refractivity contribution in [2.45, 2.75) is 0 Å². The van der Waals surface area contributed by atoms with Crippen LogP contribution in [0.4, 0.5) is 0 Å². The Bertz CT molecular complexity index is 610. The molecule has 0 aliphatic rings. The fourth-order valence-electron chi connectivity index (χ4n) is 1.64. The second-order valence-corrected chi connectivity index (χ2v) is 3.58. The first-order valence-electron chi connectivity index (χ1n) is 4.34. The summed E-state index contributed by atoms with van der Waals surface area (Å²) in [4.78, 5) is 3.42. The second-order valence-electron chi connectivity index (χ2n) is 3.21. The normalized spacial score (nSPS) is 11.1. The molecule has 0 fully saturated rings. The topological polar surface area (TPSA) is 28.9 Å². The average Bonchev–Trinajstić information content (AvgIpc) is 2.53. The third-order valence-corrected chi connectivity index (χ3v) is 2.47. The molecule has 0 unspecified atom stereocenters. The van der Waals surface area contributed by atoms with Crippen molar-refractivity contribution in [3.05, 3.63) is 41.2 Å². The van der Waals surface area contributed by atoms with Crippen molar-refractivity contribution < 1.29 is 4.42 Å². The molecule has 0 radical (unpaired) electrons. The Kier molecular flexibility index (Phi) is 1.49. The predicted molar refractivity (Wildman–Crippen MR) is 58.9 cm³/mol. The number of hydrogen-bond acceptors (Lipinski definition) is 2. The van der Waals surface area contributed by atoms with Crippen LogP contribution in [-0.2, 0) is 0 Å². The highest BCUT2D eigenvalue weighted by atomic mass is 32.1. The van der Waals surface area contributed by atoms with Crippen LogP contribution < -0.4 is 0 Å². The molecule has 2 aromatic carbocycles. The number of aromatic amines is 1. The molecule has 3 rings (SSSR count). The molecule has 0 saturated carbocycles. The molecule has 0 aliphatic carbocycles. The molecule has 3 aromatic rings. The van der Waals surface area contributed by atoms with Crippen molar-refractivity contribution in [1.82, 2.24) is 4.98 Å². The number of rotatable bonds is 0. The van der Waals surface area contributed by atoms with E-state index in [-0.39, 0.29) is 0 Å². The summed E-state index contributed by atoms with van der Waals surface area (Å²) in [5, 5.41) is 2.35. The summed E-state index contributed by atoms with van der Waals surface area (Å²) >= 11 is 4.93. The average molecular weight is 201 g/mol. The standard InChI is InChI=1S/C11H7NOS/c14-11-12-9-5-7-3-1-2-4-8(7)6-10(9)13-11/h1-6H,(H,12,14). The maximum absolute atomic E-state index is 5.34. The van der Waals surface area contributed by atoms with Crippen molar-refractivity contribution in [2.24, 2.45) is 0 Å². The Morgan fingerprint density at radius 2 is 1.79 bits per heavy atom. The molecule has 0 atom stereocenters. The summed E-state index contributed by atoms with van der Waals surface area (Å²) in [6, 6.07) is 12.2. The highest BCUT2D eigenvalue weighted by molar-refractivity contribution is 7.71. The summed E-state index contributed by atoms with van der Waals surface area (Å²) in [5.41, 5.74) is 1.77. The molecular weight excluding hydrogens is 194 g/mol. The van der Waals surface area contributed by atoms with Crippen molar-refractivity contribution in [2.75, 3.05) is 0 Å². The number of benzene rings is 2. The Labute approximate surface area is 85.2 Å². The van der Waals surface area contributed by atoms with Gasteiger partial charge in [-0.2, -0.15) is 0 Å². The number of hydrogen-bond donors (Lipinski definition) is 1. The summed E-state index contributed by atoms with van der Waals surface area (Å²) in [7, 11) is 0. The molecule has 0 bridgehead atoms. The Balaban J connectivity index is 2.57. The number of fused-ring (bicyclic) bond motifs is 2. The van der Waals surface area contributed by atoms with Gasteiger partial charge in [0.25, 0.3) is 4.84 Å². The van der Waals surface area contributed by atoms with Gasteiger partial charge in [0.1, 0.15) is 0 Å². The van der Waals surface area contributed by atoms with E-state index in [0.717, 1.165) is 16.5 Å². The second kappa shape index (κ2) is 2.69. The first kappa shape index (κ1) is 7.76. The maximum Gasteiger partial charge on any atom is 0.266 e. The zero-order valence-electron chi connectivity index (χ0n) is 7.28. The number of aromatic nitrogens is 1. The molecule has 68 valence electrons. The van der Waals surface area contributed by atoms with Gasteiger partial charge in [0.05, 0.1) is 5.52 Å². The molecular formula is C11H7NOS. The zero-order chi connectivity index (χ0) is 9.54. The van der Waals surface area contributed by atoms with E-state index in [9.17, 15) is 0 Å². The fraction of sp³-hybridized carbons (Fsp3) is 0. The molecule has 1 N–H and O–H groups in total. The van der Waals surface area contributed by atoms with Gasteiger partial charge in [0.15, 0.2) is 5.58 Å². The van der Waals surface area contributed by atoms with Crippen molar-refractivity contribution in [3.8, 4) is 0 Å². The predicted octanol–water partition coefficient (Wildman–Crippen LogP) is 3.64. The SMILES string of the molecule is S=c1[nH]c2cc3ccccc3cc2o1. The van der Waals surface area contributed by atoms with Crippen molar-refractivity contribution in [1.29, 1.82) is 0 Å². The van der Waals surface area contributed by atoms with Crippen LogP contribution in [-0.4, -0.2) is 4.98 Å². The van der Waals surface area contributed by atoms with E-state index >= 15 is 0 Å². The summed E-state index contributed by atoms with van der Waals surface area (Å²) in [5.74, 6) is 0. The lowest BCUT2D eigenvalue weighted by Crippen LogP contribution is -1.72. The highest BCUT2D eigenvalue weighted by Gasteiger charge is 2.00. The van der Waals surface area contributed by atoms with Gasteiger partial charge in [-0.3, -0.25) is 0 Å². The third kappa shape index (κ3) is 1.06. The fourth-order valence-corrected chi connectivity index (χ4v) is 1.84. The van der Waals surface area contributed by atoms with Crippen LogP contribution in [0.5, 0.6) is 0 Å². The van der Waals surface area contributed by atoms with Crippen LogP contribution in [0, 0.1) is 4.84 Å². The number of oxazole rings is 1. The molecule has 0 spiro atoms. The minimum atomic E-state index is 0.426. The Morgan fingerprint density at radius 1 is 1.07 bits per heavy atom. The van der Waals surface area contributed by atoms with Gasteiger partial charge >= 0.3 is 0 Å². The quantitative estimate of drug-likeness (QED) is 0.562. The smallest absolute Gasteiger partial charge is 0.266 e. The van der Waals surface area contributed by atoms with Gasteiger partial charge in [-0.15, -0.1) is 0 Å². The molecule has 1 heterocycles. The van der Waals surface area contributed by atoms with Crippen LogP contribution in [0.15, 0.2) is 40.8 Å². The van der Waals surface area contributed by atoms with E-state index in [1.165, 1.54) is 5.39 Å². The molecule has 1 aromatic heterocycles. The Morgan fingerprint density at radius 3 is 2.57 bits per heavy atom. The van der Waals surface area contributed by atoms with Crippen LogP contribution in [0.1, 0.15) is 0 Å². The lowest BCUT2D eigenvalue weighted by Gasteiger charge is -1.95. The maximum atomic E-state index is 5.34. The molecule has 0 saturated heterocycles. The van der Waals surface area contributed by atoms with Gasteiger partial charge in [-0.1, -0.05) is 24.3 Å². The third-order valence-electron chi connectivity index (χ3n) is 2.29. The van der Waals surface area contributed by atoms with E-state index < -0.39 is 0 Å². The molecule has 0 aliphatic heterocycles. The zero-order valence-corrected chi connectivity index (χ0v) is 8.10. The van der Waals surface area contributed by atoms with E-state index in [1.807, 2.05) is 24.3 Å². The minimum absolute atomic E-state index is 0.426. The van der Waals surface area contributed by atoms with Crippen LogP contribution in [0.3, 0.4) is 0 Å². The monoisotopic (exact) mass is 201 g/mol. The van der Waals surface area contributed by atoms with Crippen molar-refractivity contribution in [3.63, 3.8) is 0 Å². The van der Waals surface area contributed by atoms with Gasteiger partial charge < -0.3 is 9.40 Å². The Hall–Kier alpha value is -1.61. The lowest BCUT2D eigenvalue weighted by molar-refractivity contribution is 0.583. The molecule has 2 nitrogen and oxygen atoms in total. The van der Waals surface area contributed by atoms with Gasteiger partial charge in [0.2, 0.25) is 0 Å². The van der Waals surface area contributed by atoms with E-state index in [2.05, 4.69) is 17.1 Å². The van der Waals surface area contributed by atoms with Crippen molar-refractivity contribution >= 4 is 34.1 Å². The van der Waals surface area contributed by atoms with Crippen LogP contribution in [0.25, 0.3) is 21.9 Å². The molecule has 0 amide bonds. The first-order valence-corrected chi connectivity index (χ1v) is 4.75. The van der Waals surface area contributed by atoms with Gasteiger partial charge in [-0.25, -0.2) is 0 Å². The highest BCUT2D eigenvalue weighted by Crippen LogP contribution is 2.21. The number of nitrogens with one attached hydrogen (secondary N) is 1. The minimum Gasteiger partial charge on any atom is -0.429 e. The van der Waals surface area contributed by atoms with E-state index in [1.54, 1.807) is 0 Å². The van der Waals surface area contributed by atoms with Crippen LogP contribution >= 0.6 is 12.2 Å². The van der Waals surface area contributed by atoms with E-state index in [4.69, 9.17) is 16.6 Å². The first-order chi connectivity index (χ1) is 6.83. The van der Waals surface area contributed by atoms with Gasteiger partial charge in [-0.05, 0) is 35.1 Å². The van der Waals surface area contributed by atoms with Crippen LogP contribution in [0.2, 0.25) is 0 Å². The summed E-state index contributed by atoms with van der Waals surface area (Å²) in [6.07, 6.45) is 0. The molecule has 3 heteroatoms. The largest absolute Gasteiger partial charge is 0.429 e. The molecule has 14 heavy (non-hydrogen) atoms. The van der Waals surface area contributed by atoms with E-state index in [0.29, 0.717) is 4.84 Å². The lowest BCUT2D eigenvalue weighted by atomic mass is 10.1.